The maximum Gasteiger partial charge on any atom is 0.305 e. The number of carbonyl (C=O) groups is 2. The first-order chi connectivity index (χ1) is 17.5. The normalized spacial score (nSPS) is 17.8. The Morgan fingerprint density at radius 2 is 2.05 bits per heavy atom. The molecular weight excluding hydrogens is 513 g/mol. The van der Waals surface area contributed by atoms with Gasteiger partial charge in [-0.2, -0.15) is 0 Å². The van der Waals surface area contributed by atoms with Gasteiger partial charge in [-0.15, -0.1) is 6.42 Å². The first-order valence-electron chi connectivity index (χ1n) is 11.5. The number of allylic oxidation sites excluding steroid dienone is 8. The molecule has 1 heterocycles. The number of amidine groups is 1. The number of aliphatic carboxylic acids is 1. The summed E-state index contributed by atoms with van der Waals surface area (Å²) >= 11 is 7.90. The largest absolute Gasteiger partial charge is 0.481 e. The number of nitrogens with one attached hydrogen (secondary N) is 1. The number of carbonyl (C=O) groups excluding carboxylic acids is 1. The topological polar surface area (TPSA) is 82.0 Å². The summed E-state index contributed by atoms with van der Waals surface area (Å²) in [4.78, 5) is 29.4. The summed E-state index contributed by atoms with van der Waals surface area (Å²) in [6.45, 7) is 10.7. The van der Waals surface area contributed by atoms with Gasteiger partial charge >= 0.3 is 5.97 Å². The molecule has 0 saturated carbocycles. The molecular formula is C28H33ClFN3O3S. The second-order valence-corrected chi connectivity index (χ2v) is 9.39. The summed E-state index contributed by atoms with van der Waals surface area (Å²) < 4.78 is 14.7. The van der Waals surface area contributed by atoms with Crippen molar-refractivity contribution in [3.8, 4) is 12.3 Å². The summed E-state index contributed by atoms with van der Waals surface area (Å²) in [5.74, 6) is 1.25. The van der Waals surface area contributed by atoms with Gasteiger partial charge in [0.2, 0.25) is 5.91 Å². The van der Waals surface area contributed by atoms with E-state index in [1.54, 1.807) is 36.1 Å². The predicted octanol–water partition coefficient (Wildman–Crippen LogP) is 5.89. The zero-order valence-electron chi connectivity index (χ0n) is 21.6. The van der Waals surface area contributed by atoms with Gasteiger partial charge in [-0.3, -0.25) is 14.6 Å². The van der Waals surface area contributed by atoms with Gasteiger partial charge in [-0.1, -0.05) is 65.7 Å². The van der Waals surface area contributed by atoms with Gasteiger partial charge in [0.05, 0.1) is 18.2 Å². The van der Waals surface area contributed by atoms with Gasteiger partial charge < -0.3 is 15.3 Å². The van der Waals surface area contributed by atoms with Crippen LogP contribution >= 0.6 is 23.4 Å². The molecule has 2 N–H and O–H groups in total. The molecule has 1 atom stereocenters. The highest BCUT2D eigenvalue weighted by molar-refractivity contribution is 8.14. The smallest absolute Gasteiger partial charge is 0.305 e. The quantitative estimate of drug-likeness (QED) is 0.181. The van der Waals surface area contributed by atoms with Crippen molar-refractivity contribution >= 4 is 40.4 Å². The Morgan fingerprint density at radius 1 is 1.35 bits per heavy atom. The van der Waals surface area contributed by atoms with E-state index in [-0.39, 0.29) is 37.2 Å². The molecule has 0 aliphatic carbocycles. The number of hydrogen-bond donors (Lipinski definition) is 2. The van der Waals surface area contributed by atoms with Crippen molar-refractivity contribution in [2.24, 2.45) is 4.99 Å². The molecule has 1 rings (SSSR count). The second kappa shape index (κ2) is 16.5. The van der Waals surface area contributed by atoms with Crippen LogP contribution in [0.3, 0.4) is 0 Å². The first-order valence-corrected chi connectivity index (χ1v) is 12.9. The van der Waals surface area contributed by atoms with Crippen molar-refractivity contribution in [1.29, 1.82) is 0 Å². The Labute approximate surface area is 228 Å². The fourth-order valence-corrected chi connectivity index (χ4v) is 4.60. The molecule has 0 bridgehead atoms. The van der Waals surface area contributed by atoms with E-state index in [0.29, 0.717) is 21.5 Å². The lowest BCUT2D eigenvalue weighted by Gasteiger charge is -2.25. The molecule has 0 fully saturated rings. The Morgan fingerprint density at radius 3 is 2.62 bits per heavy atom. The van der Waals surface area contributed by atoms with Crippen molar-refractivity contribution in [1.82, 2.24) is 10.2 Å². The van der Waals surface area contributed by atoms with Crippen LogP contribution in [0.5, 0.6) is 0 Å². The number of carboxylic acid groups (broad SMARTS) is 1. The molecule has 1 unspecified atom stereocenters. The maximum atomic E-state index is 14.7. The van der Waals surface area contributed by atoms with Crippen molar-refractivity contribution in [3.63, 3.8) is 0 Å². The summed E-state index contributed by atoms with van der Waals surface area (Å²) in [7, 11) is 0. The lowest BCUT2D eigenvalue weighted by molar-refractivity contribution is -0.136. The minimum absolute atomic E-state index is 0.0413. The third-order valence-corrected chi connectivity index (χ3v) is 6.48. The molecule has 0 saturated heterocycles. The van der Waals surface area contributed by atoms with Crippen LogP contribution < -0.4 is 5.32 Å². The molecule has 0 aromatic carbocycles. The number of hydrogen-bond acceptors (Lipinski definition) is 5. The number of rotatable bonds is 12. The standard InChI is InChI=1S/C28H33ClFN3O3S/c1-7-10-12-25(21(6)30)33(28-32-24(18-37-28)22(9-3)23(29)11-8-2)17-19(4)13-14-20(5)27(36)31-16-15-26(34)35/h1,8-14,24H,2,15-18H2,3-6H3,(H,31,36)(H,34,35)/b12-10-,19-13+,20-14+,22-9+,23-11+,25-21-. The fraction of sp³-hybridized carbons (Fsp3) is 0.321. The molecule has 0 aromatic rings. The number of thioether (sulfide) groups is 1. The minimum atomic E-state index is -0.987. The lowest BCUT2D eigenvalue weighted by atomic mass is 10.1. The van der Waals surface area contributed by atoms with Crippen LogP contribution in [-0.2, 0) is 9.59 Å². The van der Waals surface area contributed by atoms with Gasteiger partial charge in [0.25, 0.3) is 0 Å². The van der Waals surface area contributed by atoms with Crippen molar-refractivity contribution in [3.05, 3.63) is 82.4 Å². The molecule has 1 aliphatic rings. The molecule has 37 heavy (non-hydrogen) atoms. The Kier molecular flexibility index (Phi) is 14.1. The number of nitrogens with zero attached hydrogens (tertiary/aromatic N) is 2. The monoisotopic (exact) mass is 545 g/mol. The number of aliphatic imine (C=N–C) groups is 1. The van der Waals surface area contributed by atoms with E-state index >= 15 is 0 Å². The molecule has 198 valence electrons. The van der Waals surface area contributed by atoms with E-state index in [2.05, 4.69) is 17.8 Å². The zero-order valence-corrected chi connectivity index (χ0v) is 23.1. The summed E-state index contributed by atoms with van der Waals surface area (Å²) in [5.41, 5.74) is 2.37. The second-order valence-electron chi connectivity index (χ2n) is 8.00. The molecule has 0 spiro atoms. The number of halogens is 2. The van der Waals surface area contributed by atoms with E-state index in [0.717, 1.165) is 11.1 Å². The summed E-state index contributed by atoms with van der Waals surface area (Å²) in [6.07, 6.45) is 16.8. The van der Waals surface area contributed by atoms with Crippen LogP contribution in [0, 0.1) is 12.3 Å². The van der Waals surface area contributed by atoms with Gasteiger partial charge in [0.15, 0.2) is 5.17 Å². The summed E-state index contributed by atoms with van der Waals surface area (Å²) in [6, 6.07) is -0.213. The Balaban J connectivity index is 3.28. The van der Waals surface area contributed by atoms with Gasteiger partial charge in [0, 0.05) is 29.4 Å². The van der Waals surface area contributed by atoms with Gasteiger partial charge in [-0.25, -0.2) is 4.39 Å². The molecule has 9 heteroatoms. The summed E-state index contributed by atoms with van der Waals surface area (Å²) in [5, 5.41) is 12.4. The van der Waals surface area contributed by atoms with Crippen LogP contribution in [0.15, 0.2) is 87.4 Å². The molecule has 6 nitrogen and oxygen atoms in total. The number of terminal acetylenes is 1. The van der Waals surface area contributed by atoms with E-state index < -0.39 is 11.8 Å². The first kappa shape index (κ1) is 31.7. The third kappa shape index (κ3) is 10.7. The van der Waals surface area contributed by atoms with Crippen molar-refractivity contribution in [2.45, 2.75) is 40.2 Å². The SMILES string of the molecule is C#C/C=C\C(=C(/C)F)N(C/C(C)=C/C=C(\C)C(=O)NCCC(=O)O)C1=NC(C(=C/C)/C(Cl)=C\C=C)CS1. The van der Waals surface area contributed by atoms with Gasteiger partial charge in [-0.05, 0) is 51.5 Å². The average molecular weight is 546 g/mol. The third-order valence-electron chi connectivity index (χ3n) is 5.07. The number of amides is 1. The molecule has 0 radical (unpaired) electrons. The zero-order chi connectivity index (χ0) is 28.0. The lowest BCUT2D eigenvalue weighted by Crippen LogP contribution is -2.29. The highest BCUT2D eigenvalue weighted by Crippen LogP contribution is 2.32. The van der Waals surface area contributed by atoms with Crippen molar-refractivity contribution < 1.29 is 19.1 Å². The maximum absolute atomic E-state index is 14.7. The molecule has 1 amide bonds. The fourth-order valence-electron chi connectivity index (χ4n) is 3.20. The molecule has 0 aromatic heterocycles. The average Bonchev–Trinajstić information content (AvgIpc) is 3.31. The Bertz CT molecular complexity index is 1140. The Hall–Kier alpha value is -3.28. The van der Waals surface area contributed by atoms with E-state index in [9.17, 15) is 14.0 Å². The van der Waals surface area contributed by atoms with Gasteiger partial charge in [0.1, 0.15) is 5.83 Å². The van der Waals surface area contributed by atoms with Crippen LogP contribution in [0.2, 0.25) is 0 Å². The van der Waals surface area contributed by atoms with Crippen molar-refractivity contribution in [2.75, 3.05) is 18.8 Å². The van der Waals surface area contributed by atoms with Crippen LogP contribution in [0.4, 0.5) is 4.39 Å². The molecule has 1 aliphatic heterocycles. The highest BCUT2D eigenvalue weighted by atomic mass is 35.5. The highest BCUT2D eigenvalue weighted by Gasteiger charge is 2.28. The van der Waals surface area contributed by atoms with E-state index in [1.165, 1.54) is 30.8 Å². The van der Waals surface area contributed by atoms with Crippen LogP contribution in [0.1, 0.15) is 34.1 Å². The number of carboxylic acids is 1. The van der Waals surface area contributed by atoms with Crippen LogP contribution in [-0.4, -0.2) is 51.9 Å². The van der Waals surface area contributed by atoms with E-state index in [1.807, 2.05) is 19.9 Å². The van der Waals surface area contributed by atoms with Crippen LogP contribution in [0.25, 0.3) is 0 Å². The van der Waals surface area contributed by atoms with E-state index in [4.69, 9.17) is 28.1 Å². The minimum Gasteiger partial charge on any atom is -0.481 e. The predicted molar refractivity (Wildman–Crippen MR) is 153 cm³/mol.